The van der Waals surface area contributed by atoms with Crippen LogP contribution < -0.4 is 9.80 Å². The quantitative estimate of drug-likeness (QED) is 0.411. The average molecular weight is 600 g/mol. The molecule has 2 atom stereocenters. The number of hydrogen-bond donors (Lipinski definition) is 1. The van der Waals surface area contributed by atoms with E-state index in [2.05, 4.69) is 0 Å². The predicted molar refractivity (Wildman–Crippen MR) is 147 cm³/mol. The Bertz CT molecular complexity index is 1340. The molecule has 2 aromatic carbocycles. The van der Waals surface area contributed by atoms with Crippen LogP contribution in [0.4, 0.5) is 24.5 Å². The third-order valence-corrected chi connectivity index (χ3v) is 10.8. The molecule has 2 unspecified atom stereocenters. The highest BCUT2D eigenvalue weighted by Crippen LogP contribution is 2.52. The van der Waals surface area contributed by atoms with Gasteiger partial charge < -0.3 is 14.9 Å². The number of alkyl halides is 3. The Kier molecular flexibility index (Phi) is 7.77. The van der Waals surface area contributed by atoms with Gasteiger partial charge in [0.2, 0.25) is 0 Å². The van der Waals surface area contributed by atoms with E-state index in [0.29, 0.717) is 13.1 Å². The molecule has 5 rings (SSSR count). The Morgan fingerprint density at radius 3 is 1.74 bits per heavy atom. The van der Waals surface area contributed by atoms with Gasteiger partial charge in [0.1, 0.15) is 0 Å². The SMILES string of the molecule is CCN1/C(=C/C2C(O)C(/C=C3\Sc4ccccc4N3CC)C2N(OC)S(=O)(=O)C(F)(F)F)Sc2ccccc21. The molecule has 0 radical (unpaired) electrons. The van der Waals surface area contributed by atoms with Crippen molar-refractivity contribution in [1.29, 1.82) is 0 Å². The molecular formula is C26H28F3N3O4S3. The summed E-state index contributed by atoms with van der Waals surface area (Å²) in [7, 11) is -4.95. The maximum absolute atomic E-state index is 13.7. The van der Waals surface area contributed by atoms with Crippen LogP contribution in [0, 0.1) is 11.8 Å². The van der Waals surface area contributed by atoms with Gasteiger partial charge in [-0.15, -0.1) is 0 Å². The van der Waals surface area contributed by atoms with Crippen molar-refractivity contribution in [1.82, 2.24) is 4.47 Å². The van der Waals surface area contributed by atoms with Gasteiger partial charge in [0.15, 0.2) is 0 Å². The average Bonchev–Trinajstić information content (AvgIpc) is 3.45. The van der Waals surface area contributed by atoms with Gasteiger partial charge >= 0.3 is 15.5 Å². The van der Waals surface area contributed by atoms with Crippen molar-refractivity contribution in [2.45, 2.75) is 41.3 Å². The summed E-state index contributed by atoms with van der Waals surface area (Å²) in [6, 6.07) is 14.0. The lowest BCUT2D eigenvalue weighted by atomic mass is 9.67. The maximum Gasteiger partial charge on any atom is 0.513 e. The van der Waals surface area contributed by atoms with Crippen molar-refractivity contribution >= 4 is 44.9 Å². The molecule has 1 saturated carbocycles. The van der Waals surface area contributed by atoms with Crippen LogP contribution in [-0.2, 0) is 14.9 Å². The highest BCUT2D eigenvalue weighted by Gasteiger charge is 2.61. The lowest BCUT2D eigenvalue weighted by Gasteiger charge is -2.50. The first-order valence-corrected chi connectivity index (χ1v) is 15.5. The number of anilines is 2. The second-order valence-corrected chi connectivity index (χ2v) is 13.1. The molecule has 2 heterocycles. The van der Waals surface area contributed by atoms with Gasteiger partial charge in [-0.05, 0) is 50.3 Å². The van der Waals surface area contributed by atoms with E-state index in [1.807, 2.05) is 72.2 Å². The van der Waals surface area contributed by atoms with Crippen molar-refractivity contribution < 1.29 is 31.5 Å². The van der Waals surface area contributed by atoms with Gasteiger partial charge in [-0.2, -0.15) is 13.2 Å². The highest BCUT2D eigenvalue weighted by molar-refractivity contribution is 8.04. The fraction of sp³-hybridized carbons (Fsp3) is 0.385. The molecule has 210 valence electrons. The molecule has 13 heteroatoms. The Labute approximate surface area is 234 Å². The van der Waals surface area contributed by atoms with E-state index in [9.17, 15) is 26.7 Å². The second-order valence-electron chi connectivity index (χ2n) is 9.16. The third kappa shape index (κ3) is 4.76. The standard InChI is InChI=1S/C26H28F3N3O4S3/c1-4-30-18-10-6-8-12-20(18)37-22(30)14-16-24(32(36-3)39(34,35)26(27,28)29)17(25(16)33)15-23-31(5-2)19-11-7-9-13-21(19)38-23/h6-17,24-25,33H,4-5H2,1-3H3/b22-14-,23-15-. The molecule has 0 spiro atoms. The van der Waals surface area contributed by atoms with E-state index in [1.54, 1.807) is 12.2 Å². The largest absolute Gasteiger partial charge is 0.513 e. The number of para-hydroxylation sites is 2. The van der Waals surface area contributed by atoms with Crippen molar-refractivity contribution in [3.05, 3.63) is 70.7 Å². The predicted octanol–water partition coefficient (Wildman–Crippen LogP) is 5.62. The topological polar surface area (TPSA) is 73.3 Å². The number of halogens is 3. The van der Waals surface area contributed by atoms with E-state index >= 15 is 0 Å². The highest BCUT2D eigenvalue weighted by atomic mass is 32.2. The van der Waals surface area contributed by atoms with Gasteiger partial charge in [0.25, 0.3) is 0 Å². The lowest BCUT2D eigenvalue weighted by Crippen LogP contribution is -2.64. The van der Waals surface area contributed by atoms with E-state index in [4.69, 9.17) is 4.84 Å². The molecule has 7 nitrogen and oxygen atoms in total. The first kappa shape index (κ1) is 28.4. The summed E-state index contributed by atoms with van der Waals surface area (Å²) in [6.45, 7) is 5.07. The molecule has 2 aliphatic heterocycles. The van der Waals surface area contributed by atoms with Crippen LogP contribution in [0.2, 0.25) is 0 Å². The molecule has 3 aliphatic rings. The molecular weight excluding hydrogens is 571 g/mol. The number of hydrogen-bond acceptors (Lipinski definition) is 8. The summed E-state index contributed by atoms with van der Waals surface area (Å²) in [5, 5.41) is 12.8. The van der Waals surface area contributed by atoms with Crippen molar-refractivity contribution in [2.24, 2.45) is 11.8 Å². The molecule has 1 N–H and O–H groups in total. The normalized spacial score (nSPS) is 26.9. The summed E-state index contributed by atoms with van der Waals surface area (Å²) in [6.07, 6.45) is 2.21. The molecule has 2 aromatic rings. The summed E-state index contributed by atoms with van der Waals surface area (Å²) in [5.74, 6) is -1.89. The summed E-state index contributed by atoms with van der Waals surface area (Å²) in [5.41, 5.74) is -3.67. The fourth-order valence-electron chi connectivity index (χ4n) is 5.26. The number of nitrogens with zero attached hydrogens (tertiary/aromatic N) is 3. The van der Waals surface area contributed by atoms with Gasteiger partial charge in [0, 0.05) is 34.7 Å². The minimum absolute atomic E-state index is 0.0231. The van der Waals surface area contributed by atoms with Crippen LogP contribution in [0.15, 0.2) is 80.5 Å². The van der Waals surface area contributed by atoms with Crippen LogP contribution in [0.25, 0.3) is 0 Å². The minimum atomic E-state index is -5.85. The van der Waals surface area contributed by atoms with Crippen molar-refractivity contribution in [3.63, 3.8) is 0 Å². The lowest BCUT2D eigenvalue weighted by molar-refractivity contribution is -0.181. The van der Waals surface area contributed by atoms with Gasteiger partial charge in [-0.3, -0.25) is 4.84 Å². The number of thioether (sulfide) groups is 2. The molecule has 0 aromatic heterocycles. The molecule has 0 bridgehead atoms. The molecule has 1 fully saturated rings. The molecule has 0 amide bonds. The van der Waals surface area contributed by atoms with E-state index < -0.39 is 39.5 Å². The number of benzene rings is 2. The Morgan fingerprint density at radius 1 is 0.923 bits per heavy atom. The molecule has 1 aliphatic carbocycles. The Balaban J connectivity index is 1.55. The smallest absolute Gasteiger partial charge is 0.392 e. The number of aliphatic hydroxyl groups excluding tert-OH is 1. The maximum atomic E-state index is 13.7. The van der Waals surface area contributed by atoms with Crippen LogP contribution in [0.1, 0.15) is 13.8 Å². The zero-order valence-corrected chi connectivity index (χ0v) is 23.8. The molecule has 39 heavy (non-hydrogen) atoms. The molecule has 0 saturated heterocycles. The monoisotopic (exact) mass is 599 g/mol. The van der Waals surface area contributed by atoms with Crippen LogP contribution in [0.5, 0.6) is 0 Å². The van der Waals surface area contributed by atoms with E-state index in [0.717, 1.165) is 38.3 Å². The Hall–Kier alpha value is -2.16. The van der Waals surface area contributed by atoms with E-state index in [-0.39, 0.29) is 4.47 Å². The summed E-state index contributed by atoms with van der Waals surface area (Å²) >= 11 is 2.86. The number of sulfonamides is 1. The summed E-state index contributed by atoms with van der Waals surface area (Å²) in [4.78, 5) is 10.9. The van der Waals surface area contributed by atoms with Crippen LogP contribution >= 0.6 is 23.5 Å². The number of fused-ring (bicyclic) bond motifs is 2. The zero-order valence-electron chi connectivity index (χ0n) is 21.4. The number of rotatable bonds is 7. The van der Waals surface area contributed by atoms with Gasteiger partial charge in [-0.25, -0.2) is 8.42 Å². The van der Waals surface area contributed by atoms with Crippen LogP contribution in [0.3, 0.4) is 0 Å². The summed E-state index contributed by atoms with van der Waals surface area (Å²) < 4.78 is 66.4. The first-order chi connectivity index (χ1) is 18.5. The fourth-order valence-corrected chi connectivity index (χ4v) is 8.70. The van der Waals surface area contributed by atoms with E-state index in [1.165, 1.54) is 23.5 Å². The van der Waals surface area contributed by atoms with Gasteiger partial charge in [-0.1, -0.05) is 52.3 Å². The zero-order chi connectivity index (χ0) is 28.1. The number of aliphatic hydroxyl groups is 1. The third-order valence-electron chi connectivity index (χ3n) is 7.11. The van der Waals surface area contributed by atoms with Crippen molar-refractivity contribution in [3.8, 4) is 0 Å². The van der Waals surface area contributed by atoms with Crippen molar-refractivity contribution in [2.75, 3.05) is 30.0 Å². The van der Waals surface area contributed by atoms with Gasteiger partial charge in [0.05, 0.1) is 40.7 Å². The Morgan fingerprint density at radius 2 is 1.36 bits per heavy atom. The number of hydroxylamine groups is 1. The first-order valence-electron chi connectivity index (χ1n) is 12.4. The van der Waals surface area contributed by atoms with Crippen LogP contribution in [-0.4, -0.2) is 55.8 Å². The minimum Gasteiger partial charge on any atom is -0.392 e. The second kappa shape index (κ2) is 10.7.